The number of nitrogens with zero attached hydrogens (tertiary/aromatic N) is 3. The summed E-state index contributed by atoms with van der Waals surface area (Å²) in [5, 5.41) is 2.39. The lowest BCUT2D eigenvalue weighted by Gasteiger charge is -2.06. The number of furan rings is 1. The fourth-order valence-electron chi connectivity index (χ4n) is 4.45. The molecule has 6 heteroatoms. The number of hydrogen-bond acceptors (Lipinski definition) is 5. The van der Waals surface area contributed by atoms with E-state index in [1.165, 1.54) is 0 Å². The van der Waals surface area contributed by atoms with Gasteiger partial charge in [0.2, 0.25) is 5.89 Å². The maximum Gasteiger partial charge on any atom is 0.227 e. The van der Waals surface area contributed by atoms with Crippen molar-refractivity contribution in [2.75, 3.05) is 0 Å². The van der Waals surface area contributed by atoms with Gasteiger partial charge in [0.1, 0.15) is 21.8 Å². The lowest BCUT2D eigenvalue weighted by Crippen LogP contribution is -1.94. The lowest BCUT2D eigenvalue weighted by molar-refractivity contribution is 0.620. The molecule has 7 rings (SSSR count). The SMILES string of the molecule is Clc1cc(-c2cccc3nc(-c4ccccc4)oc23)nc(-c2cccc3c2oc2ccccc23)n1. The molecule has 0 aliphatic heterocycles. The second kappa shape index (κ2) is 7.79. The molecule has 0 unspecified atom stereocenters. The van der Waals surface area contributed by atoms with E-state index in [0.29, 0.717) is 28.1 Å². The molecule has 0 radical (unpaired) electrons. The number of hydrogen-bond donors (Lipinski definition) is 0. The fraction of sp³-hybridized carbons (Fsp3) is 0. The van der Waals surface area contributed by atoms with Crippen molar-refractivity contribution in [3.63, 3.8) is 0 Å². The molecule has 0 bridgehead atoms. The molecule has 35 heavy (non-hydrogen) atoms. The van der Waals surface area contributed by atoms with Crippen LogP contribution in [0.1, 0.15) is 0 Å². The molecule has 7 aromatic rings. The second-order valence-corrected chi connectivity index (χ2v) is 8.61. The first-order chi connectivity index (χ1) is 17.2. The Labute approximate surface area is 204 Å². The van der Waals surface area contributed by atoms with Gasteiger partial charge < -0.3 is 8.83 Å². The molecular weight excluding hydrogens is 458 g/mol. The molecule has 166 valence electrons. The standard InChI is InChI=1S/C29H16ClN3O2/c30-25-16-23(20-12-7-14-22-27(20)35-29(32-22)17-8-2-1-3-9-17)31-28(33-25)21-13-6-11-19-18-10-4-5-15-24(18)34-26(19)21/h1-16H. The first-order valence-electron chi connectivity index (χ1n) is 11.2. The Bertz CT molecular complexity index is 1870. The predicted molar refractivity (Wildman–Crippen MR) is 138 cm³/mol. The Morgan fingerprint density at radius 1 is 0.600 bits per heavy atom. The van der Waals surface area contributed by atoms with Gasteiger partial charge in [-0.2, -0.15) is 0 Å². The van der Waals surface area contributed by atoms with E-state index in [0.717, 1.165) is 44.1 Å². The molecule has 0 saturated heterocycles. The van der Waals surface area contributed by atoms with Crippen LogP contribution >= 0.6 is 11.6 Å². The second-order valence-electron chi connectivity index (χ2n) is 8.22. The summed E-state index contributed by atoms with van der Waals surface area (Å²) in [7, 11) is 0. The Balaban J connectivity index is 1.42. The zero-order valence-corrected chi connectivity index (χ0v) is 19.0. The van der Waals surface area contributed by atoms with Gasteiger partial charge in [0.05, 0.1) is 11.3 Å². The van der Waals surface area contributed by atoms with Crippen LogP contribution in [0.3, 0.4) is 0 Å². The summed E-state index contributed by atoms with van der Waals surface area (Å²) in [5.74, 6) is 1.04. The van der Waals surface area contributed by atoms with Crippen LogP contribution in [0.25, 0.3) is 67.1 Å². The van der Waals surface area contributed by atoms with E-state index in [4.69, 9.17) is 25.4 Å². The van der Waals surface area contributed by atoms with Crippen molar-refractivity contribution < 1.29 is 8.83 Å². The van der Waals surface area contributed by atoms with Crippen LogP contribution in [0.4, 0.5) is 0 Å². The van der Waals surface area contributed by atoms with Crippen molar-refractivity contribution in [1.29, 1.82) is 0 Å². The molecule has 0 aliphatic rings. The Kier molecular flexibility index (Phi) is 4.44. The summed E-state index contributed by atoms with van der Waals surface area (Å²) in [6.07, 6.45) is 0. The summed E-state index contributed by atoms with van der Waals surface area (Å²) in [6.45, 7) is 0. The van der Waals surface area contributed by atoms with E-state index in [1.807, 2.05) is 91.0 Å². The summed E-state index contributed by atoms with van der Waals surface area (Å²) >= 11 is 6.50. The summed E-state index contributed by atoms with van der Waals surface area (Å²) in [4.78, 5) is 14.1. The number of halogens is 1. The molecule has 0 N–H and O–H groups in total. The Morgan fingerprint density at radius 3 is 2.29 bits per heavy atom. The minimum absolute atomic E-state index is 0.331. The zero-order chi connectivity index (χ0) is 23.4. The normalized spacial score (nSPS) is 11.6. The summed E-state index contributed by atoms with van der Waals surface area (Å²) < 4.78 is 12.4. The van der Waals surface area contributed by atoms with Crippen LogP contribution in [-0.4, -0.2) is 15.0 Å². The van der Waals surface area contributed by atoms with Crippen LogP contribution in [-0.2, 0) is 0 Å². The third-order valence-electron chi connectivity index (χ3n) is 6.05. The molecular formula is C29H16ClN3O2. The highest BCUT2D eigenvalue weighted by atomic mass is 35.5. The summed E-state index contributed by atoms with van der Waals surface area (Å²) in [6, 6.07) is 31.3. The van der Waals surface area contributed by atoms with E-state index >= 15 is 0 Å². The van der Waals surface area contributed by atoms with E-state index in [2.05, 4.69) is 9.97 Å². The van der Waals surface area contributed by atoms with Crippen LogP contribution in [0.2, 0.25) is 5.15 Å². The van der Waals surface area contributed by atoms with Crippen LogP contribution in [0, 0.1) is 0 Å². The van der Waals surface area contributed by atoms with Gasteiger partial charge >= 0.3 is 0 Å². The summed E-state index contributed by atoms with van der Waals surface area (Å²) in [5.41, 5.74) is 6.06. The van der Waals surface area contributed by atoms with Gasteiger partial charge in [0, 0.05) is 28.0 Å². The molecule has 0 amide bonds. The fourth-order valence-corrected chi connectivity index (χ4v) is 4.64. The predicted octanol–water partition coefficient (Wildman–Crippen LogP) is 8.17. The first-order valence-corrected chi connectivity index (χ1v) is 11.5. The highest BCUT2D eigenvalue weighted by molar-refractivity contribution is 6.29. The molecule has 0 spiro atoms. The average molecular weight is 474 g/mol. The smallest absolute Gasteiger partial charge is 0.227 e. The van der Waals surface area contributed by atoms with Crippen LogP contribution in [0.15, 0.2) is 106 Å². The van der Waals surface area contributed by atoms with E-state index in [9.17, 15) is 0 Å². The maximum absolute atomic E-state index is 6.50. The Hall–Kier alpha value is -4.48. The van der Waals surface area contributed by atoms with E-state index in [-0.39, 0.29) is 0 Å². The molecule has 0 fully saturated rings. The quantitative estimate of drug-likeness (QED) is 0.242. The average Bonchev–Trinajstić information content (AvgIpc) is 3.50. The third kappa shape index (κ3) is 3.28. The molecule has 3 heterocycles. The zero-order valence-electron chi connectivity index (χ0n) is 18.3. The van der Waals surface area contributed by atoms with Crippen molar-refractivity contribution in [2.24, 2.45) is 0 Å². The van der Waals surface area contributed by atoms with Gasteiger partial charge in [-0.15, -0.1) is 0 Å². The number of aromatic nitrogens is 3. The van der Waals surface area contributed by atoms with Gasteiger partial charge in [-0.05, 0) is 36.4 Å². The largest absolute Gasteiger partial charge is 0.455 e. The minimum atomic E-state index is 0.331. The molecule has 5 nitrogen and oxygen atoms in total. The van der Waals surface area contributed by atoms with Crippen molar-refractivity contribution in [1.82, 2.24) is 15.0 Å². The van der Waals surface area contributed by atoms with Gasteiger partial charge in [-0.25, -0.2) is 15.0 Å². The number of rotatable bonds is 3. The van der Waals surface area contributed by atoms with Gasteiger partial charge in [-0.3, -0.25) is 0 Å². The molecule has 0 saturated carbocycles. The van der Waals surface area contributed by atoms with Crippen molar-refractivity contribution in [2.45, 2.75) is 0 Å². The van der Waals surface area contributed by atoms with Crippen molar-refractivity contribution >= 4 is 44.6 Å². The highest BCUT2D eigenvalue weighted by Crippen LogP contribution is 2.37. The third-order valence-corrected chi connectivity index (χ3v) is 6.25. The first kappa shape index (κ1) is 19.9. The van der Waals surface area contributed by atoms with Crippen LogP contribution in [0.5, 0.6) is 0 Å². The van der Waals surface area contributed by atoms with E-state index < -0.39 is 0 Å². The lowest BCUT2D eigenvalue weighted by atomic mass is 10.1. The minimum Gasteiger partial charge on any atom is -0.455 e. The Morgan fingerprint density at radius 2 is 1.37 bits per heavy atom. The van der Waals surface area contributed by atoms with Gasteiger partial charge in [0.25, 0.3) is 0 Å². The van der Waals surface area contributed by atoms with Gasteiger partial charge in [-0.1, -0.05) is 66.2 Å². The molecule has 4 aromatic carbocycles. The molecule has 3 aromatic heterocycles. The molecule has 0 aliphatic carbocycles. The molecule has 0 atom stereocenters. The van der Waals surface area contributed by atoms with Gasteiger partial charge in [0.15, 0.2) is 11.4 Å². The highest BCUT2D eigenvalue weighted by Gasteiger charge is 2.18. The number of fused-ring (bicyclic) bond motifs is 4. The van der Waals surface area contributed by atoms with E-state index in [1.54, 1.807) is 6.07 Å². The number of benzene rings is 4. The van der Waals surface area contributed by atoms with Crippen LogP contribution < -0.4 is 0 Å². The van der Waals surface area contributed by atoms with Crippen molar-refractivity contribution in [3.05, 3.63) is 102 Å². The van der Waals surface area contributed by atoms with Crippen molar-refractivity contribution in [3.8, 4) is 34.1 Å². The monoisotopic (exact) mass is 473 g/mol. The number of oxazole rings is 1. The maximum atomic E-state index is 6.50. The number of para-hydroxylation sites is 3. The topological polar surface area (TPSA) is 65.0 Å².